The highest BCUT2D eigenvalue weighted by atomic mass is 19.4. The zero-order chi connectivity index (χ0) is 22.2. The summed E-state index contributed by atoms with van der Waals surface area (Å²) in [6.45, 7) is 1.03. The molecule has 0 aromatic heterocycles. The van der Waals surface area contributed by atoms with E-state index < -0.39 is 23.3 Å². The van der Waals surface area contributed by atoms with Crippen LogP contribution in [-0.4, -0.2) is 43.3 Å². The first-order chi connectivity index (χ1) is 14.8. The number of methoxy groups -OCH3 is 1. The second-order valence-electron chi connectivity index (χ2n) is 7.47. The summed E-state index contributed by atoms with van der Waals surface area (Å²) in [6, 6.07) is 11.3. The van der Waals surface area contributed by atoms with Crippen molar-refractivity contribution in [3.8, 4) is 11.8 Å². The van der Waals surface area contributed by atoms with Crippen molar-refractivity contribution >= 4 is 11.7 Å². The highest BCUT2D eigenvalue weighted by Gasteiger charge is 2.48. The van der Waals surface area contributed by atoms with Crippen LogP contribution in [0.4, 0.5) is 23.7 Å². The number of rotatable bonds is 4. The van der Waals surface area contributed by atoms with E-state index in [1.165, 1.54) is 11.0 Å². The molecule has 2 atom stereocenters. The van der Waals surface area contributed by atoms with E-state index in [9.17, 15) is 18.0 Å². The molecule has 0 radical (unpaired) electrons. The summed E-state index contributed by atoms with van der Waals surface area (Å²) in [4.78, 5) is 16.4. The Labute approximate surface area is 177 Å². The number of anilines is 1. The number of alkyl halides is 3. The average molecular weight is 431 g/mol. The van der Waals surface area contributed by atoms with E-state index in [2.05, 4.69) is 0 Å². The minimum atomic E-state index is -4.70. The van der Waals surface area contributed by atoms with Crippen LogP contribution in [0.25, 0.3) is 0 Å². The maximum atomic E-state index is 13.5. The maximum absolute atomic E-state index is 13.5. The molecule has 2 saturated heterocycles. The molecule has 0 aliphatic carbocycles. The number of hydrogen-bond acceptors (Lipinski definition) is 4. The van der Waals surface area contributed by atoms with E-state index in [1.54, 1.807) is 30.2 Å². The predicted octanol–water partition coefficient (Wildman–Crippen LogP) is 4.19. The number of amides is 2. The number of nitriles is 1. The number of carbonyl (C=O) groups excluding carboxylic acids is 1. The van der Waals surface area contributed by atoms with Crippen LogP contribution in [0.2, 0.25) is 0 Å². The third kappa shape index (κ3) is 3.91. The van der Waals surface area contributed by atoms with Gasteiger partial charge in [-0.2, -0.15) is 18.4 Å². The van der Waals surface area contributed by atoms with E-state index in [0.717, 1.165) is 17.7 Å². The fraction of sp³-hybridized carbons (Fsp3) is 0.364. The minimum Gasteiger partial charge on any atom is -0.497 e. The Morgan fingerprint density at radius 3 is 2.58 bits per heavy atom. The first-order valence-electron chi connectivity index (χ1n) is 9.75. The number of halogens is 3. The van der Waals surface area contributed by atoms with Gasteiger partial charge in [-0.15, -0.1) is 0 Å². The molecule has 162 valence electrons. The first-order valence-corrected chi connectivity index (χ1v) is 9.75. The van der Waals surface area contributed by atoms with Gasteiger partial charge in [-0.05, 0) is 42.3 Å². The largest absolute Gasteiger partial charge is 0.497 e. The lowest BCUT2D eigenvalue weighted by Crippen LogP contribution is -2.45. The smallest absolute Gasteiger partial charge is 0.417 e. The molecular formula is C22H20F3N3O3. The average Bonchev–Trinajstić information content (AvgIpc) is 3.04. The second kappa shape index (κ2) is 8.12. The van der Waals surface area contributed by atoms with Gasteiger partial charge in [-0.3, -0.25) is 4.90 Å². The quantitative estimate of drug-likeness (QED) is 0.728. The van der Waals surface area contributed by atoms with E-state index >= 15 is 0 Å². The van der Waals surface area contributed by atoms with Gasteiger partial charge in [0.2, 0.25) is 0 Å². The van der Waals surface area contributed by atoms with Gasteiger partial charge < -0.3 is 14.4 Å². The van der Waals surface area contributed by atoms with Crippen LogP contribution >= 0.6 is 0 Å². The Hall–Kier alpha value is -3.25. The standard InChI is InChI=1S/C22H20F3N3O3/c1-30-17-6-2-14(3-7-17)12-27-19-8-9-31-13-20(19)28(21(27)29)16-5-4-15(11-26)18(10-16)22(23,24)25/h2-7,10,19-20H,8-9,12-13H2,1H3. The van der Waals surface area contributed by atoms with Gasteiger partial charge in [0.1, 0.15) is 5.75 Å². The van der Waals surface area contributed by atoms with Crippen LogP contribution in [0.5, 0.6) is 5.75 Å². The van der Waals surface area contributed by atoms with Crippen LogP contribution in [-0.2, 0) is 17.5 Å². The minimum absolute atomic E-state index is 0.106. The molecular weight excluding hydrogens is 411 g/mol. The molecule has 31 heavy (non-hydrogen) atoms. The van der Waals surface area contributed by atoms with Gasteiger partial charge in [0.05, 0.1) is 43.0 Å². The summed E-state index contributed by atoms with van der Waals surface area (Å²) >= 11 is 0. The van der Waals surface area contributed by atoms with Crippen molar-refractivity contribution in [2.45, 2.75) is 31.2 Å². The summed E-state index contributed by atoms with van der Waals surface area (Å²) in [6.07, 6.45) is -4.11. The number of ether oxygens (including phenoxy) is 2. The molecule has 2 amide bonds. The summed E-state index contributed by atoms with van der Waals surface area (Å²) in [5.74, 6) is 0.694. The molecule has 2 aromatic carbocycles. The molecule has 9 heteroatoms. The van der Waals surface area contributed by atoms with Crippen LogP contribution in [0.15, 0.2) is 42.5 Å². The fourth-order valence-corrected chi connectivity index (χ4v) is 4.17. The van der Waals surface area contributed by atoms with Crippen LogP contribution < -0.4 is 9.64 Å². The summed E-state index contributed by atoms with van der Waals surface area (Å²) in [7, 11) is 1.57. The fourth-order valence-electron chi connectivity index (χ4n) is 4.17. The Balaban J connectivity index is 1.68. The van der Waals surface area contributed by atoms with Crippen molar-refractivity contribution in [2.75, 3.05) is 25.2 Å². The van der Waals surface area contributed by atoms with Crippen LogP contribution in [0, 0.1) is 11.3 Å². The third-order valence-electron chi connectivity index (χ3n) is 5.69. The Kier molecular flexibility index (Phi) is 5.50. The first kappa shape index (κ1) is 21.0. The van der Waals surface area contributed by atoms with Crippen molar-refractivity contribution in [1.82, 2.24) is 4.90 Å². The van der Waals surface area contributed by atoms with Crippen molar-refractivity contribution < 1.29 is 27.4 Å². The van der Waals surface area contributed by atoms with Crippen molar-refractivity contribution in [3.63, 3.8) is 0 Å². The Bertz CT molecular complexity index is 1020. The number of urea groups is 1. The van der Waals surface area contributed by atoms with Gasteiger partial charge in [0, 0.05) is 18.8 Å². The summed E-state index contributed by atoms with van der Waals surface area (Å²) in [5, 5.41) is 9.05. The number of benzene rings is 2. The van der Waals surface area contributed by atoms with Gasteiger partial charge in [0.15, 0.2) is 0 Å². The van der Waals surface area contributed by atoms with Crippen molar-refractivity contribution in [2.24, 2.45) is 0 Å². The van der Waals surface area contributed by atoms with Crippen molar-refractivity contribution in [1.29, 1.82) is 5.26 Å². The predicted molar refractivity (Wildman–Crippen MR) is 106 cm³/mol. The van der Waals surface area contributed by atoms with Crippen molar-refractivity contribution in [3.05, 3.63) is 59.2 Å². The summed E-state index contributed by atoms with van der Waals surface area (Å²) < 4.78 is 51.1. The lowest BCUT2D eigenvalue weighted by atomic mass is 10.0. The lowest BCUT2D eigenvalue weighted by Gasteiger charge is -2.32. The molecule has 2 aliphatic rings. The maximum Gasteiger partial charge on any atom is 0.417 e. The van der Waals surface area contributed by atoms with Gasteiger partial charge in [0.25, 0.3) is 0 Å². The number of nitrogens with zero attached hydrogens (tertiary/aromatic N) is 3. The number of hydrogen-bond donors (Lipinski definition) is 0. The van der Waals surface area contributed by atoms with Gasteiger partial charge >= 0.3 is 12.2 Å². The van der Waals surface area contributed by atoms with E-state index in [-0.39, 0.29) is 24.4 Å². The number of carbonyl (C=O) groups is 1. The highest BCUT2D eigenvalue weighted by Crippen LogP contribution is 2.38. The Morgan fingerprint density at radius 1 is 1.19 bits per heavy atom. The normalized spacial score (nSPS) is 21.1. The Morgan fingerprint density at radius 2 is 1.94 bits per heavy atom. The topological polar surface area (TPSA) is 65.8 Å². The lowest BCUT2D eigenvalue weighted by molar-refractivity contribution is -0.137. The zero-order valence-electron chi connectivity index (χ0n) is 16.7. The molecule has 2 heterocycles. The van der Waals surface area contributed by atoms with Gasteiger partial charge in [-0.25, -0.2) is 4.79 Å². The van der Waals surface area contributed by atoms with Gasteiger partial charge in [-0.1, -0.05) is 12.1 Å². The monoisotopic (exact) mass is 431 g/mol. The molecule has 2 aliphatic heterocycles. The summed E-state index contributed by atoms with van der Waals surface area (Å²) in [5.41, 5.74) is -0.539. The van der Waals surface area contributed by atoms with E-state index in [0.29, 0.717) is 25.3 Å². The molecule has 4 rings (SSSR count). The molecule has 2 aromatic rings. The number of fused-ring (bicyclic) bond motifs is 1. The molecule has 0 saturated carbocycles. The molecule has 2 unspecified atom stereocenters. The zero-order valence-corrected chi connectivity index (χ0v) is 16.7. The van der Waals surface area contributed by atoms with Crippen LogP contribution in [0.1, 0.15) is 23.1 Å². The molecule has 6 nitrogen and oxygen atoms in total. The van der Waals surface area contributed by atoms with Crippen LogP contribution in [0.3, 0.4) is 0 Å². The SMILES string of the molecule is COc1ccc(CN2C(=O)N(c3ccc(C#N)c(C(F)(F)F)c3)C3COCCC32)cc1. The molecule has 0 bridgehead atoms. The van der Waals surface area contributed by atoms with E-state index in [1.807, 2.05) is 12.1 Å². The second-order valence-corrected chi connectivity index (χ2v) is 7.47. The van der Waals surface area contributed by atoms with E-state index in [4.69, 9.17) is 14.7 Å². The molecule has 2 fully saturated rings. The third-order valence-corrected chi connectivity index (χ3v) is 5.69. The molecule has 0 spiro atoms. The highest BCUT2D eigenvalue weighted by molar-refractivity contribution is 5.96. The molecule has 0 N–H and O–H groups in total.